The first-order valence-corrected chi connectivity index (χ1v) is 9.29. The smallest absolute Gasteiger partial charge is 0.223 e. The van der Waals surface area contributed by atoms with Crippen molar-refractivity contribution in [3.8, 4) is 0 Å². The summed E-state index contributed by atoms with van der Waals surface area (Å²) in [4.78, 5) is 21.2. The molecule has 1 atom stereocenters. The molecule has 0 bridgehead atoms. The Kier molecular flexibility index (Phi) is 4.85. The third-order valence-electron chi connectivity index (χ3n) is 3.90. The maximum Gasteiger partial charge on any atom is 0.223 e. The first-order chi connectivity index (χ1) is 10.2. The minimum atomic E-state index is 0.287. The number of amidine groups is 1. The maximum atomic E-state index is 12.2. The van der Waals surface area contributed by atoms with Gasteiger partial charge in [-0.25, -0.2) is 0 Å². The fourth-order valence-electron chi connectivity index (χ4n) is 2.63. The summed E-state index contributed by atoms with van der Waals surface area (Å²) in [5.41, 5.74) is 1.28. The third-order valence-corrected chi connectivity index (χ3v) is 5.78. The minimum Gasteiger partial charge on any atom is -0.348 e. The molecule has 1 aromatic heterocycles. The first-order valence-electron chi connectivity index (χ1n) is 7.47. The molecule has 0 aliphatic carbocycles. The lowest BCUT2D eigenvalue weighted by molar-refractivity contribution is -0.132. The highest BCUT2D eigenvalue weighted by atomic mass is 32.2. The molecule has 2 aliphatic rings. The van der Waals surface area contributed by atoms with Crippen LogP contribution in [0.2, 0.25) is 0 Å². The summed E-state index contributed by atoms with van der Waals surface area (Å²) in [5, 5.41) is 5.97. The average molecular weight is 323 g/mol. The van der Waals surface area contributed by atoms with Crippen LogP contribution in [0.25, 0.3) is 0 Å². The molecule has 2 aliphatic heterocycles. The summed E-state index contributed by atoms with van der Waals surface area (Å²) >= 11 is 3.56. The second kappa shape index (κ2) is 6.83. The van der Waals surface area contributed by atoms with Crippen LogP contribution in [0.4, 0.5) is 0 Å². The van der Waals surface area contributed by atoms with Gasteiger partial charge in [0.05, 0.1) is 6.54 Å². The van der Waals surface area contributed by atoms with Crippen LogP contribution in [0.15, 0.2) is 21.8 Å². The van der Waals surface area contributed by atoms with Crippen molar-refractivity contribution in [2.45, 2.75) is 25.0 Å². The number of piperazine rings is 1. The van der Waals surface area contributed by atoms with Crippen molar-refractivity contribution in [3.05, 3.63) is 22.4 Å². The number of nitrogens with zero attached hydrogens (tertiary/aromatic N) is 3. The lowest BCUT2D eigenvalue weighted by Gasteiger charge is -2.35. The Labute approximate surface area is 134 Å². The fourth-order valence-corrected chi connectivity index (χ4v) is 4.32. The fraction of sp³-hybridized carbons (Fsp3) is 0.600. The minimum absolute atomic E-state index is 0.287. The Morgan fingerprint density at radius 3 is 2.81 bits per heavy atom. The number of thiophene rings is 1. The van der Waals surface area contributed by atoms with Gasteiger partial charge in [-0.1, -0.05) is 18.7 Å². The number of carbonyl (C=O) groups excluding carboxylic acids is 1. The Morgan fingerprint density at radius 1 is 1.38 bits per heavy atom. The van der Waals surface area contributed by atoms with E-state index in [-0.39, 0.29) is 5.91 Å². The highest BCUT2D eigenvalue weighted by molar-refractivity contribution is 8.14. The van der Waals surface area contributed by atoms with Crippen molar-refractivity contribution in [2.24, 2.45) is 4.99 Å². The van der Waals surface area contributed by atoms with Crippen molar-refractivity contribution in [2.75, 3.05) is 32.7 Å². The summed E-state index contributed by atoms with van der Waals surface area (Å²) in [6, 6.07) is 2.10. The van der Waals surface area contributed by atoms with Crippen LogP contribution in [-0.2, 0) is 11.2 Å². The van der Waals surface area contributed by atoms with E-state index in [1.807, 2.05) is 16.7 Å². The van der Waals surface area contributed by atoms with Gasteiger partial charge in [-0.2, -0.15) is 11.3 Å². The Morgan fingerprint density at radius 2 is 2.19 bits per heavy atom. The molecule has 0 unspecified atom stereocenters. The van der Waals surface area contributed by atoms with E-state index in [4.69, 9.17) is 0 Å². The second-order valence-corrected chi connectivity index (χ2v) is 7.74. The van der Waals surface area contributed by atoms with Crippen molar-refractivity contribution in [1.82, 2.24) is 9.80 Å². The molecule has 1 fully saturated rings. The predicted molar refractivity (Wildman–Crippen MR) is 90.1 cm³/mol. The van der Waals surface area contributed by atoms with E-state index in [0.717, 1.165) is 39.1 Å². The highest BCUT2D eigenvalue weighted by Crippen LogP contribution is 2.23. The second-order valence-electron chi connectivity index (χ2n) is 5.55. The molecule has 0 aromatic carbocycles. The molecule has 3 rings (SSSR count). The lowest BCUT2D eigenvalue weighted by Crippen LogP contribution is -2.49. The molecule has 4 nitrogen and oxygen atoms in total. The van der Waals surface area contributed by atoms with Gasteiger partial charge in [0.2, 0.25) is 5.91 Å². The topological polar surface area (TPSA) is 35.9 Å². The monoisotopic (exact) mass is 323 g/mol. The molecule has 0 spiro atoms. The van der Waals surface area contributed by atoms with E-state index in [0.29, 0.717) is 11.7 Å². The number of amides is 1. The molecular formula is C15H21N3OS2. The summed E-state index contributed by atoms with van der Waals surface area (Å²) < 4.78 is 0. The summed E-state index contributed by atoms with van der Waals surface area (Å²) in [6.45, 7) is 6.64. The SMILES string of the molecule is C[C@H]1CN=C(N2CCN(C(=O)CCc3ccsc3)CC2)S1. The standard InChI is InChI=1S/C15H21N3OS2/c1-12-10-16-15(21-12)18-7-5-17(6-8-18)14(19)3-2-13-4-9-20-11-13/h4,9,11-12H,2-3,5-8,10H2,1H3/t12-/m0/s1. The molecule has 1 saturated heterocycles. The molecule has 6 heteroatoms. The van der Waals surface area contributed by atoms with Crippen LogP contribution >= 0.6 is 23.1 Å². The van der Waals surface area contributed by atoms with Gasteiger partial charge in [0.15, 0.2) is 5.17 Å². The molecule has 3 heterocycles. The number of hydrogen-bond acceptors (Lipinski definition) is 5. The predicted octanol–water partition coefficient (Wildman–Crippen LogP) is 2.32. The maximum absolute atomic E-state index is 12.2. The van der Waals surface area contributed by atoms with E-state index in [1.54, 1.807) is 11.3 Å². The van der Waals surface area contributed by atoms with Crippen molar-refractivity contribution >= 4 is 34.2 Å². The van der Waals surface area contributed by atoms with Crippen LogP contribution in [0.1, 0.15) is 18.9 Å². The molecule has 0 saturated carbocycles. The molecular weight excluding hydrogens is 302 g/mol. The number of aliphatic imine (C=N–C) groups is 1. The molecule has 21 heavy (non-hydrogen) atoms. The van der Waals surface area contributed by atoms with Gasteiger partial charge >= 0.3 is 0 Å². The normalized spacial score (nSPS) is 22.5. The average Bonchev–Trinajstić information content (AvgIpc) is 3.16. The van der Waals surface area contributed by atoms with E-state index in [9.17, 15) is 4.79 Å². The summed E-state index contributed by atoms with van der Waals surface area (Å²) in [7, 11) is 0. The van der Waals surface area contributed by atoms with E-state index in [2.05, 4.69) is 33.6 Å². The van der Waals surface area contributed by atoms with Gasteiger partial charge in [0.25, 0.3) is 0 Å². The molecule has 114 valence electrons. The number of aryl methyl sites for hydroxylation is 1. The van der Waals surface area contributed by atoms with E-state index in [1.165, 1.54) is 10.7 Å². The molecule has 1 amide bonds. The van der Waals surface area contributed by atoms with Crippen LogP contribution in [0, 0.1) is 0 Å². The van der Waals surface area contributed by atoms with Crippen molar-refractivity contribution < 1.29 is 4.79 Å². The van der Waals surface area contributed by atoms with Gasteiger partial charge in [0, 0.05) is 37.8 Å². The van der Waals surface area contributed by atoms with Gasteiger partial charge in [-0.3, -0.25) is 9.79 Å². The van der Waals surface area contributed by atoms with Gasteiger partial charge in [-0.15, -0.1) is 0 Å². The molecule has 1 aromatic rings. The number of thioether (sulfide) groups is 1. The Bertz CT molecular complexity index is 507. The highest BCUT2D eigenvalue weighted by Gasteiger charge is 2.26. The molecule has 0 N–H and O–H groups in total. The Balaban J connectivity index is 1.43. The van der Waals surface area contributed by atoms with Crippen molar-refractivity contribution in [3.63, 3.8) is 0 Å². The molecule has 0 radical (unpaired) electrons. The largest absolute Gasteiger partial charge is 0.348 e. The zero-order valence-corrected chi connectivity index (χ0v) is 14.0. The van der Waals surface area contributed by atoms with Crippen LogP contribution < -0.4 is 0 Å². The zero-order chi connectivity index (χ0) is 14.7. The summed E-state index contributed by atoms with van der Waals surface area (Å²) in [6.07, 6.45) is 1.49. The van der Waals surface area contributed by atoms with Crippen LogP contribution in [-0.4, -0.2) is 58.8 Å². The Hall–Kier alpha value is -1.01. The van der Waals surface area contributed by atoms with Gasteiger partial charge in [0.1, 0.15) is 0 Å². The van der Waals surface area contributed by atoms with Gasteiger partial charge < -0.3 is 9.80 Å². The number of hydrogen-bond donors (Lipinski definition) is 0. The van der Waals surface area contributed by atoms with E-state index < -0.39 is 0 Å². The van der Waals surface area contributed by atoms with Crippen LogP contribution in [0.3, 0.4) is 0 Å². The first kappa shape index (κ1) is 14.9. The third kappa shape index (κ3) is 3.80. The van der Waals surface area contributed by atoms with Gasteiger partial charge in [-0.05, 0) is 28.8 Å². The number of carbonyl (C=O) groups is 1. The lowest BCUT2D eigenvalue weighted by atomic mass is 10.1. The van der Waals surface area contributed by atoms with Crippen LogP contribution in [0.5, 0.6) is 0 Å². The van der Waals surface area contributed by atoms with Crippen molar-refractivity contribution in [1.29, 1.82) is 0 Å². The summed E-state index contributed by atoms with van der Waals surface area (Å²) in [5.74, 6) is 0.287. The zero-order valence-electron chi connectivity index (χ0n) is 12.3. The number of rotatable bonds is 3. The quantitative estimate of drug-likeness (QED) is 0.856. The van der Waals surface area contributed by atoms with E-state index >= 15 is 0 Å².